The van der Waals surface area contributed by atoms with Crippen LogP contribution < -0.4 is 10.6 Å². The molecule has 4 heteroatoms. The van der Waals surface area contributed by atoms with Crippen molar-refractivity contribution in [2.24, 2.45) is 0 Å². The number of carbonyl (C=O) groups is 1. The molecule has 0 aromatic rings. The molecule has 12 heavy (non-hydrogen) atoms. The first-order valence-electron chi connectivity index (χ1n) is 4.43. The van der Waals surface area contributed by atoms with Gasteiger partial charge < -0.3 is 15.7 Å². The molecule has 4 nitrogen and oxygen atoms in total. The number of hydrogen-bond acceptors (Lipinski definition) is 2. The molecule has 0 aliphatic carbocycles. The molecule has 0 heterocycles. The summed E-state index contributed by atoms with van der Waals surface area (Å²) in [5, 5.41) is 13.6. The van der Waals surface area contributed by atoms with Crippen molar-refractivity contribution >= 4 is 6.03 Å². The van der Waals surface area contributed by atoms with Crippen molar-refractivity contribution in [3.63, 3.8) is 0 Å². The number of hydrogen-bond donors (Lipinski definition) is 3. The van der Waals surface area contributed by atoms with E-state index in [1.54, 1.807) is 0 Å². The summed E-state index contributed by atoms with van der Waals surface area (Å²) >= 11 is 0. The fourth-order valence-electron chi connectivity index (χ4n) is 0.809. The van der Waals surface area contributed by atoms with Crippen LogP contribution in [0.5, 0.6) is 0 Å². The third-order valence-corrected chi connectivity index (χ3v) is 1.46. The quantitative estimate of drug-likeness (QED) is 0.512. The fraction of sp³-hybridized carbons (Fsp3) is 0.875. The highest BCUT2D eigenvalue weighted by atomic mass is 16.3. The summed E-state index contributed by atoms with van der Waals surface area (Å²) < 4.78 is 0. The molecule has 0 fully saturated rings. The molecular weight excluding hydrogens is 156 g/mol. The zero-order chi connectivity index (χ0) is 9.23. The van der Waals surface area contributed by atoms with Crippen LogP contribution >= 0.6 is 0 Å². The Hall–Kier alpha value is -0.770. The van der Waals surface area contributed by atoms with E-state index in [0.29, 0.717) is 13.1 Å². The van der Waals surface area contributed by atoms with Gasteiger partial charge in [-0.1, -0.05) is 19.8 Å². The van der Waals surface area contributed by atoms with Crippen LogP contribution in [0.1, 0.15) is 26.2 Å². The Balaban J connectivity index is 3.08. The summed E-state index contributed by atoms with van der Waals surface area (Å²) in [6.07, 6.45) is 3.31. The van der Waals surface area contributed by atoms with Crippen molar-refractivity contribution in [2.45, 2.75) is 26.2 Å². The lowest BCUT2D eigenvalue weighted by Crippen LogP contribution is -2.37. The summed E-state index contributed by atoms with van der Waals surface area (Å²) in [7, 11) is 0. The molecule has 0 unspecified atom stereocenters. The summed E-state index contributed by atoms with van der Waals surface area (Å²) in [6.45, 7) is 3.14. The highest BCUT2D eigenvalue weighted by molar-refractivity contribution is 5.73. The third-order valence-electron chi connectivity index (χ3n) is 1.46. The lowest BCUT2D eigenvalue weighted by atomic mass is 10.2. The summed E-state index contributed by atoms with van der Waals surface area (Å²) in [6, 6.07) is -0.194. The second-order valence-electron chi connectivity index (χ2n) is 2.61. The van der Waals surface area contributed by atoms with Crippen LogP contribution in [0.2, 0.25) is 0 Å². The van der Waals surface area contributed by atoms with E-state index < -0.39 is 0 Å². The second-order valence-corrected chi connectivity index (χ2v) is 2.61. The molecule has 0 aromatic carbocycles. The van der Waals surface area contributed by atoms with E-state index in [-0.39, 0.29) is 12.6 Å². The molecule has 0 atom stereocenters. The molecule has 0 bridgehead atoms. The highest BCUT2D eigenvalue weighted by Crippen LogP contribution is 1.90. The van der Waals surface area contributed by atoms with E-state index in [9.17, 15) is 4.79 Å². The number of rotatable bonds is 6. The normalized spacial score (nSPS) is 9.50. The highest BCUT2D eigenvalue weighted by Gasteiger charge is 1.95. The van der Waals surface area contributed by atoms with Gasteiger partial charge in [0.25, 0.3) is 0 Å². The van der Waals surface area contributed by atoms with Crippen LogP contribution in [-0.4, -0.2) is 30.8 Å². The van der Waals surface area contributed by atoms with Gasteiger partial charge in [-0.05, 0) is 6.42 Å². The van der Waals surface area contributed by atoms with E-state index in [4.69, 9.17) is 5.11 Å². The number of urea groups is 1. The van der Waals surface area contributed by atoms with Gasteiger partial charge in [0, 0.05) is 13.1 Å². The van der Waals surface area contributed by atoms with E-state index in [2.05, 4.69) is 17.6 Å². The van der Waals surface area contributed by atoms with Gasteiger partial charge in [0.05, 0.1) is 6.61 Å². The molecule has 0 aliphatic rings. The molecule has 0 rings (SSSR count). The number of aliphatic hydroxyl groups excluding tert-OH is 1. The minimum absolute atomic E-state index is 0.0115. The Labute approximate surface area is 73.3 Å². The van der Waals surface area contributed by atoms with Crippen molar-refractivity contribution in [2.75, 3.05) is 19.7 Å². The van der Waals surface area contributed by atoms with Crippen LogP contribution in [0, 0.1) is 0 Å². The van der Waals surface area contributed by atoms with Gasteiger partial charge >= 0.3 is 6.03 Å². The lowest BCUT2D eigenvalue weighted by Gasteiger charge is -2.04. The summed E-state index contributed by atoms with van der Waals surface area (Å²) in [4.78, 5) is 10.8. The van der Waals surface area contributed by atoms with Gasteiger partial charge in [-0.15, -0.1) is 0 Å². The average molecular weight is 174 g/mol. The van der Waals surface area contributed by atoms with Crippen LogP contribution in [0.25, 0.3) is 0 Å². The first-order valence-corrected chi connectivity index (χ1v) is 4.43. The smallest absolute Gasteiger partial charge is 0.314 e. The molecule has 3 N–H and O–H groups in total. The first-order chi connectivity index (χ1) is 5.81. The molecular formula is C8H18N2O2. The summed E-state index contributed by atoms with van der Waals surface area (Å²) in [5.74, 6) is 0. The van der Waals surface area contributed by atoms with Gasteiger partial charge in [-0.2, -0.15) is 0 Å². The lowest BCUT2D eigenvalue weighted by molar-refractivity contribution is 0.234. The molecule has 0 radical (unpaired) electrons. The van der Waals surface area contributed by atoms with Gasteiger partial charge in [0.1, 0.15) is 0 Å². The first kappa shape index (κ1) is 11.2. The number of aliphatic hydroxyl groups is 1. The van der Waals surface area contributed by atoms with Gasteiger partial charge in [-0.3, -0.25) is 0 Å². The number of amides is 2. The molecule has 2 amide bonds. The number of carbonyl (C=O) groups excluding carboxylic acids is 1. The van der Waals surface area contributed by atoms with Crippen LogP contribution in [0.15, 0.2) is 0 Å². The maximum absolute atomic E-state index is 10.8. The average Bonchev–Trinajstić information content (AvgIpc) is 2.09. The van der Waals surface area contributed by atoms with E-state index in [1.165, 1.54) is 0 Å². The zero-order valence-corrected chi connectivity index (χ0v) is 7.60. The molecule has 0 spiro atoms. The predicted molar refractivity (Wildman–Crippen MR) is 48.0 cm³/mol. The Morgan fingerprint density at radius 2 is 1.92 bits per heavy atom. The van der Waals surface area contributed by atoms with Gasteiger partial charge in [-0.25, -0.2) is 4.79 Å². The van der Waals surface area contributed by atoms with Gasteiger partial charge in [0.15, 0.2) is 0 Å². The van der Waals surface area contributed by atoms with Crippen LogP contribution in [-0.2, 0) is 0 Å². The Bertz CT molecular complexity index is 118. The molecule has 0 saturated heterocycles. The molecule has 0 aliphatic heterocycles. The summed E-state index contributed by atoms with van der Waals surface area (Å²) in [5.41, 5.74) is 0. The van der Waals surface area contributed by atoms with E-state index in [0.717, 1.165) is 19.3 Å². The molecule has 0 aromatic heterocycles. The Morgan fingerprint density at radius 1 is 1.25 bits per heavy atom. The number of unbranched alkanes of at least 4 members (excludes halogenated alkanes) is 2. The van der Waals surface area contributed by atoms with Crippen molar-refractivity contribution < 1.29 is 9.90 Å². The Kier molecular flexibility index (Phi) is 7.79. The molecule has 72 valence electrons. The van der Waals surface area contributed by atoms with E-state index in [1.807, 2.05) is 0 Å². The Morgan fingerprint density at radius 3 is 2.50 bits per heavy atom. The standard InChI is InChI=1S/C8H18N2O2/c1-2-3-4-5-9-8(12)10-6-7-11/h11H,2-7H2,1H3,(H2,9,10,12). The van der Waals surface area contributed by atoms with Crippen molar-refractivity contribution in [3.8, 4) is 0 Å². The van der Waals surface area contributed by atoms with Crippen molar-refractivity contribution in [3.05, 3.63) is 0 Å². The largest absolute Gasteiger partial charge is 0.395 e. The minimum atomic E-state index is -0.194. The topological polar surface area (TPSA) is 61.4 Å². The van der Waals surface area contributed by atoms with E-state index >= 15 is 0 Å². The molecule has 0 saturated carbocycles. The third kappa shape index (κ3) is 7.34. The fourth-order valence-corrected chi connectivity index (χ4v) is 0.809. The predicted octanol–water partition coefficient (Wildman–Crippen LogP) is 0.468. The monoisotopic (exact) mass is 174 g/mol. The van der Waals surface area contributed by atoms with Crippen LogP contribution in [0.3, 0.4) is 0 Å². The van der Waals surface area contributed by atoms with Gasteiger partial charge in [0.2, 0.25) is 0 Å². The number of nitrogens with one attached hydrogen (secondary N) is 2. The van der Waals surface area contributed by atoms with Crippen LogP contribution in [0.4, 0.5) is 4.79 Å². The SMILES string of the molecule is CCCCCNC(=O)NCCO. The van der Waals surface area contributed by atoms with Crippen molar-refractivity contribution in [1.82, 2.24) is 10.6 Å². The minimum Gasteiger partial charge on any atom is -0.395 e. The zero-order valence-electron chi connectivity index (χ0n) is 7.60. The maximum atomic E-state index is 10.8. The maximum Gasteiger partial charge on any atom is 0.314 e. The second kappa shape index (κ2) is 8.33. The van der Waals surface area contributed by atoms with Crippen molar-refractivity contribution in [1.29, 1.82) is 0 Å².